The van der Waals surface area contributed by atoms with Crippen molar-refractivity contribution in [3.05, 3.63) is 11.8 Å². The van der Waals surface area contributed by atoms with Gasteiger partial charge < -0.3 is 10.7 Å². The SMILES string of the molecule is CC(C)/C(=C/C=N)NCC1CC1. The molecule has 0 aromatic rings. The summed E-state index contributed by atoms with van der Waals surface area (Å²) in [5.74, 6) is 1.41. The van der Waals surface area contributed by atoms with Crippen molar-refractivity contribution in [1.82, 2.24) is 5.32 Å². The average molecular weight is 166 g/mol. The lowest BCUT2D eigenvalue weighted by atomic mass is 10.1. The van der Waals surface area contributed by atoms with Gasteiger partial charge >= 0.3 is 0 Å². The van der Waals surface area contributed by atoms with Crippen molar-refractivity contribution < 1.29 is 0 Å². The van der Waals surface area contributed by atoms with Gasteiger partial charge in [0.15, 0.2) is 0 Å². The molecule has 1 fully saturated rings. The average Bonchev–Trinajstić information content (AvgIpc) is 2.80. The summed E-state index contributed by atoms with van der Waals surface area (Å²) in [7, 11) is 0. The molecular weight excluding hydrogens is 148 g/mol. The second-order valence-electron chi connectivity index (χ2n) is 3.77. The predicted molar refractivity (Wildman–Crippen MR) is 52.4 cm³/mol. The third-order valence-electron chi connectivity index (χ3n) is 2.18. The lowest BCUT2D eigenvalue weighted by Crippen LogP contribution is -2.20. The molecule has 0 heterocycles. The molecule has 68 valence electrons. The quantitative estimate of drug-likeness (QED) is 0.603. The van der Waals surface area contributed by atoms with Crippen LogP contribution in [0.4, 0.5) is 0 Å². The monoisotopic (exact) mass is 166 g/mol. The van der Waals surface area contributed by atoms with E-state index in [0.717, 1.165) is 12.5 Å². The van der Waals surface area contributed by atoms with Gasteiger partial charge in [0.2, 0.25) is 0 Å². The van der Waals surface area contributed by atoms with E-state index in [1.54, 1.807) is 0 Å². The molecule has 1 aliphatic carbocycles. The second-order valence-corrected chi connectivity index (χ2v) is 3.77. The topological polar surface area (TPSA) is 35.9 Å². The minimum absolute atomic E-state index is 0.505. The Kier molecular flexibility index (Phi) is 3.32. The van der Waals surface area contributed by atoms with Gasteiger partial charge in [-0.15, -0.1) is 0 Å². The molecule has 12 heavy (non-hydrogen) atoms. The summed E-state index contributed by atoms with van der Waals surface area (Å²) in [4.78, 5) is 0. The van der Waals surface area contributed by atoms with Gasteiger partial charge in [0.05, 0.1) is 0 Å². The Hall–Kier alpha value is -0.790. The van der Waals surface area contributed by atoms with Crippen LogP contribution in [0, 0.1) is 17.2 Å². The first-order valence-electron chi connectivity index (χ1n) is 4.68. The van der Waals surface area contributed by atoms with Crippen molar-refractivity contribution in [3.8, 4) is 0 Å². The third-order valence-corrected chi connectivity index (χ3v) is 2.18. The molecular formula is C10H18N2. The third kappa shape index (κ3) is 3.07. The van der Waals surface area contributed by atoms with E-state index in [1.165, 1.54) is 24.8 Å². The van der Waals surface area contributed by atoms with Crippen LogP contribution in [0.15, 0.2) is 11.8 Å². The molecule has 2 heteroatoms. The van der Waals surface area contributed by atoms with E-state index in [2.05, 4.69) is 19.2 Å². The molecule has 0 aromatic heterocycles. The van der Waals surface area contributed by atoms with Crippen molar-refractivity contribution in [3.63, 3.8) is 0 Å². The Labute approximate surface area is 74.6 Å². The van der Waals surface area contributed by atoms with E-state index >= 15 is 0 Å². The molecule has 2 N–H and O–H groups in total. The second kappa shape index (κ2) is 4.29. The number of allylic oxidation sites excluding steroid dienone is 2. The van der Waals surface area contributed by atoms with Crippen molar-refractivity contribution in [2.24, 2.45) is 11.8 Å². The molecule has 0 radical (unpaired) electrons. The zero-order chi connectivity index (χ0) is 8.97. The van der Waals surface area contributed by atoms with Gasteiger partial charge in [-0.2, -0.15) is 0 Å². The minimum atomic E-state index is 0.505. The molecule has 0 spiro atoms. The zero-order valence-corrected chi connectivity index (χ0v) is 7.93. The molecule has 0 amide bonds. The normalized spacial score (nSPS) is 18.1. The van der Waals surface area contributed by atoms with Gasteiger partial charge in [0.25, 0.3) is 0 Å². The highest BCUT2D eigenvalue weighted by Gasteiger charge is 2.21. The van der Waals surface area contributed by atoms with Crippen LogP contribution >= 0.6 is 0 Å². The Bertz CT molecular complexity index is 178. The van der Waals surface area contributed by atoms with E-state index < -0.39 is 0 Å². The maximum absolute atomic E-state index is 6.99. The first-order valence-corrected chi connectivity index (χ1v) is 4.68. The van der Waals surface area contributed by atoms with Crippen LogP contribution in [0.1, 0.15) is 26.7 Å². The summed E-state index contributed by atoms with van der Waals surface area (Å²) >= 11 is 0. The van der Waals surface area contributed by atoms with Crippen LogP contribution in [0.5, 0.6) is 0 Å². The van der Waals surface area contributed by atoms with Crippen LogP contribution in [-0.4, -0.2) is 12.8 Å². The number of rotatable bonds is 5. The fourth-order valence-corrected chi connectivity index (χ4v) is 1.13. The van der Waals surface area contributed by atoms with Gasteiger partial charge in [0, 0.05) is 18.5 Å². The van der Waals surface area contributed by atoms with Gasteiger partial charge in [-0.05, 0) is 30.8 Å². The van der Waals surface area contributed by atoms with Crippen molar-refractivity contribution in [1.29, 1.82) is 5.41 Å². The van der Waals surface area contributed by atoms with Crippen LogP contribution < -0.4 is 5.32 Å². The molecule has 1 rings (SSSR count). The summed E-state index contributed by atoms with van der Waals surface area (Å²) in [5.41, 5.74) is 1.19. The van der Waals surface area contributed by atoms with E-state index in [9.17, 15) is 0 Å². The molecule has 0 aromatic carbocycles. The number of hydrogen-bond acceptors (Lipinski definition) is 2. The first-order chi connectivity index (χ1) is 5.74. The van der Waals surface area contributed by atoms with E-state index in [-0.39, 0.29) is 0 Å². The lowest BCUT2D eigenvalue weighted by molar-refractivity contribution is 0.625. The lowest BCUT2D eigenvalue weighted by Gasteiger charge is -2.12. The van der Waals surface area contributed by atoms with Gasteiger partial charge in [-0.1, -0.05) is 13.8 Å². The van der Waals surface area contributed by atoms with Crippen LogP contribution in [0.3, 0.4) is 0 Å². The molecule has 1 aliphatic rings. The summed E-state index contributed by atoms with van der Waals surface area (Å²) in [6.07, 6.45) is 5.97. The fraction of sp³-hybridized carbons (Fsp3) is 0.700. The van der Waals surface area contributed by atoms with Gasteiger partial charge in [-0.25, -0.2) is 0 Å². The van der Waals surface area contributed by atoms with E-state index in [0.29, 0.717) is 5.92 Å². The number of nitrogens with one attached hydrogen (secondary N) is 2. The number of hydrogen-bond donors (Lipinski definition) is 2. The molecule has 0 unspecified atom stereocenters. The molecule has 0 atom stereocenters. The smallest absolute Gasteiger partial charge is 0.0195 e. The standard InChI is InChI=1S/C10H18N2/c1-8(2)10(5-6-11)12-7-9-3-4-9/h5-6,8-9,11-12H,3-4,7H2,1-2H3/b10-5-,11-6?. The molecule has 0 saturated heterocycles. The van der Waals surface area contributed by atoms with Crippen LogP contribution in [0.25, 0.3) is 0 Å². The fourth-order valence-electron chi connectivity index (χ4n) is 1.13. The largest absolute Gasteiger partial charge is 0.388 e. The van der Waals surface area contributed by atoms with Gasteiger partial charge in [-0.3, -0.25) is 0 Å². The summed E-state index contributed by atoms with van der Waals surface area (Å²) in [6.45, 7) is 5.39. The molecule has 2 nitrogen and oxygen atoms in total. The Morgan fingerprint density at radius 3 is 2.67 bits per heavy atom. The highest BCUT2D eigenvalue weighted by molar-refractivity contribution is 5.68. The van der Waals surface area contributed by atoms with Crippen molar-refractivity contribution >= 4 is 6.21 Å². The van der Waals surface area contributed by atoms with E-state index in [1.807, 2.05) is 6.08 Å². The maximum Gasteiger partial charge on any atom is 0.0195 e. The summed E-state index contributed by atoms with van der Waals surface area (Å²) in [6, 6.07) is 0. The Morgan fingerprint density at radius 2 is 2.25 bits per heavy atom. The van der Waals surface area contributed by atoms with Crippen molar-refractivity contribution in [2.75, 3.05) is 6.54 Å². The highest BCUT2D eigenvalue weighted by atomic mass is 14.9. The van der Waals surface area contributed by atoms with Gasteiger partial charge in [0.1, 0.15) is 0 Å². The Morgan fingerprint density at radius 1 is 1.58 bits per heavy atom. The summed E-state index contributed by atoms with van der Waals surface area (Å²) < 4.78 is 0. The van der Waals surface area contributed by atoms with E-state index in [4.69, 9.17) is 5.41 Å². The minimum Gasteiger partial charge on any atom is -0.388 e. The predicted octanol–water partition coefficient (Wildman–Crippen LogP) is 2.18. The molecule has 0 aliphatic heterocycles. The molecule has 1 saturated carbocycles. The summed E-state index contributed by atoms with van der Waals surface area (Å²) in [5, 5.41) is 10.4. The van der Waals surface area contributed by atoms with Crippen molar-refractivity contribution in [2.45, 2.75) is 26.7 Å². The zero-order valence-electron chi connectivity index (χ0n) is 7.93. The molecule has 0 bridgehead atoms. The maximum atomic E-state index is 6.99. The Balaban J connectivity index is 2.30. The first kappa shape index (κ1) is 9.30. The van der Waals surface area contributed by atoms with Crippen LogP contribution in [0.2, 0.25) is 0 Å². The van der Waals surface area contributed by atoms with Crippen LogP contribution in [-0.2, 0) is 0 Å². The highest BCUT2D eigenvalue weighted by Crippen LogP contribution is 2.28.